The molecule has 32 heavy (non-hydrogen) atoms. The van der Waals surface area contributed by atoms with Gasteiger partial charge in [-0.1, -0.05) is 18.2 Å². The van der Waals surface area contributed by atoms with Gasteiger partial charge in [-0.2, -0.15) is 39.5 Å². The second-order valence-corrected chi connectivity index (χ2v) is 6.86. The predicted molar refractivity (Wildman–Crippen MR) is 94.1 cm³/mol. The Balaban J connectivity index is 2.34. The first-order chi connectivity index (χ1) is 14.6. The molecule has 12 heteroatoms. The molecule has 0 spiro atoms. The van der Waals surface area contributed by atoms with E-state index < -0.39 is 52.9 Å². The molecular weight excluding hydrogens is 457 g/mol. The summed E-state index contributed by atoms with van der Waals surface area (Å²) in [6, 6.07) is 3.88. The lowest BCUT2D eigenvalue weighted by molar-refractivity contribution is -0.143. The van der Waals surface area contributed by atoms with Crippen LogP contribution < -0.4 is 5.32 Å². The van der Waals surface area contributed by atoms with E-state index in [1.807, 2.05) is 0 Å². The van der Waals surface area contributed by atoms with Gasteiger partial charge in [0, 0.05) is 12.6 Å². The predicted octanol–water partition coefficient (Wildman–Crippen LogP) is 6.14. The molecule has 1 N–H and O–H groups in total. The molecule has 0 fully saturated rings. The molecule has 2 aromatic carbocycles. The van der Waals surface area contributed by atoms with Crippen LogP contribution in [0, 0.1) is 0 Å². The first kappa shape index (κ1) is 25.5. The van der Waals surface area contributed by atoms with E-state index in [0.717, 1.165) is 18.2 Å². The molecule has 176 valence electrons. The number of benzene rings is 2. The van der Waals surface area contributed by atoms with Crippen molar-refractivity contribution in [2.45, 2.75) is 44.1 Å². The van der Waals surface area contributed by atoms with Gasteiger partial charge in [0.25, 0.3) is 6.47 Å². The monoisotopic (exact) mass is 473 g/mol. The molecule has 0 aliphatic carbocycles. The largest absolute Gasteiger partial charge is 0.458 e. The Morgan fingerprint density at radius 3 is 1.84 bits per heavy atom. The highest BCUT2D eigenvalue weighted by Gasteiger charge is 2.38. The summed E-state index contributed by atoms with van der Waals surface area (Å²) >= 11 is 0. The highest BCUT2D eigenvalue weighted by molar-refractivity contribution is 5.41. The van der Waals surface area contributed by atoms with E-state index in [-0.39, 0.29) is 24.6 Å². The van der Waals surface area contributed by atoms with Crippen molar-refractivity contribution < 1.29 is 49.0 Å². The van der Waals surface area contributed by atoms with Gasteiger partial charge in [0.05, 0.1) is 16.7 Å². The highest BCUT2D eigenvalue weighted by Crippen LogP contribution is 2.38. The third-order valence-corrected chi connectivity index (χ3v) is 4.48. The Morgan fingerprint density at radius 2 is 1.38 bits per heavy atom. The average Bonchev–Trinajstić information content (AvgIpc) is 2.68. The minimum absolute atomic E-state index is 0.0673. The minimum Gasteiger partial charge on any atom is -0.458 e. The number of carbonyl (C=O) groups is 1. The number of hydrogen-bond acceptors (Lipinski definition) is 3. The maximum Gasteiger partial charge on any atom is 0.416 e. The van der Waals surface area contributed by atoms with Crippen molar-refractivity contribution in [2.24, 2.45) is 0 Å². The molecule has 2 rings (SSSR count). The van der Waals surface area contributed by atoms with Gasteiger partial charge in [-0.05, 0) is 42.3 Å². The molecule has 0 bridgehead atoms. The fourth-order valence-electron chi connectivity index (χ4n) is 2.93. The molecule has 0 saturated carbocycles. The van der Waals surface area contributed by atoms with Crippen LogP contribution in [0.2, 0.25) is 0 Å². The van der Waals surface area contributed by atoms with Crippen molar-refractivity contribution in [3.63, 3.8) is 0 Å². The van der Waals surface area contributed by atoms with Crippen molar-refractivity contribution >= 4 is 6.47 Å². The van der Waals surface area contributed by atoms with Gasteiger partial charge in [-0.15, -0.1) is 0 Å². The Kier molecular flexibility index (Phi) is 7.48. The molecule has 0 aromatic heterocycles. The molecule has 0 radical (unpaired) electrons. The van der Waals surface area contributed by atoms with Crippen LogP contribution in [0.15, 0.2) is 42.5 Å². The zero-order valence-electron chi connectivity index (χ0n) is 16.2. The number of hydrogen-bond donors (Lipinski definition) is 1. The summed E-state index contributed by atoms with van der Waals surface area (Å²) in [6.07, 6.45) is -16.4. The topological polar surface area (TPSA) is 38.3 Å². The molecule has 0 saturated heterocycles. The lowest BCUT2D eigenvalue weighted by atomic mass is 9.97. The van der Waals surface area contributed by atoms with E-state index in [0.29, 0.717) is 12.1 Å². The summed E-state index contributed by atoms with van der Waals surface area (Å²) in [6.45, 7) is 0.935. The number of nitrogens with one attached hydrogen (secondary N) is 1. The lowest BCUT2D eigenvalue weighted by Crippen LogP contribution is -2.33. The second-order valence-electron chi connectivity index (χ2n) is 6.86. The first-order valence-electron chi connectivity index (χ1n) is 8.91. The zero-order valence-corrected chi connectivity index (χ0v) is 16.2. The first-order valence-corrected chi connectivity index (χ1v) is 8.91. The third-order valence-electron chi connectivity index (χ3n) is 4.48. The van der Waals surface area contributed by atoms with Crippen LogP contribution in [0.4, 0.5) is 39.5 Å². The normalized spacial score (nSPS) is 14.7. The minimum atomic E-state index is -5.10. The Labute approximate surface area is 176 Å². The lowest BCUT2D eigenvalue weighted by Gasteiger charge is -2.25. The number of alkyl halides is 9. The molecule has 2 atom stereocenters. The van der Waals surface area contributed by atoms with E-state index in [1.165, 1.54) is 13.0 Å². The Morgan fingerprint density at radius 1 is 0.844 bits per heavy atom. The number of carbonyl (C=O) groups excluding carboxylic acids is 1. The van der Waals surface area contributed by atoms with Gasteiger partial charge >= 0.3 is 18.5 Å². The van der Waals surface area contributed by atoms with Crippen molar-refractivity contribution in [3.05, 3.63) is 70.3 Å². The van der Waals surface area contributed by atoms with Crippen LogP contribution in [-0.4, -0.2) is 12.5 Å². The molecule has 0 aliphatic heterocycles. The second kappa shape index (κ2) is 9.39. The molecule has 2 unspecified atom stereocenters. The number of rotatable bonds is 7. The number of halogens is 9. The summed E-state index contributed by atoms with van der Waals surface area (Å²) in [7, 11) is 0. The summed E-state index contributed by atoms with van der Waals surface area (Å²) < 4.78 is 122. The van der Waals surface area contributed by atoms with Gasteiger partial charge in [-0.25, -0.2) is 0 Å². The maximum atomic E-state index is 13.1. The van der Waals surface area contributed by atoms with Crippen LogP contribution in [-0.2, 0) is 34.6 Å². The average molecular weight is 473 g/mol. The van der Waals surface area contributed by atoms with E-state index in [1.54, 1.807) is 0 Å². The quantitative estimate of drug-likeness (QED) is 0.388. The fraction of sp³-hybridized carbons (Fsp3) is 0.350. The van der Waals surface area contributed by atoms with Gasteiger partial charge in [0.15, 0.2) is 0 Å². The third kappa shape index (κ3) is 6.62. The van der Waals surface area contributed by atoms with Crippen molar-refractivity contribution in [1.29, 1.82) is 0 Å². The van der Waals surface area contributed by atoms with Crippen LogP contribution >= 0.6 is 0 Å². The van der Waals surface area contributed by atoms with Gasteiger partial charge in [0.2, 0.25) is 0 Å². The van der Waals surface area contributed by atoms with Crippen LogP contribution in [0.3, 0.4) is 0 Å². The molecule has 2 aromatic rings. The van der Waals surface area contributed by atoms with Crippen LogP contribution in [0.5, 0.6) is 0 Å². The van der Waals surface area contributed by atoms with E-state index in [4.69, 9.17) is 4.74 Å². The van der Waals surface area contributed by atoms with Crippen LogP contribution in [0.25, 0.3) is 0 Å². The Hall–Kier alpha value is -2.76. The number of ether oxygens (including phenoxy) is 1. The molecular formula is C20H16F9NO2. The molecule has 0 amide bonds. The van der Waals surface area contributed by atoms with Gasteiger partial charge in [-0.3, -0.25) is 4.79 Å². The SMILES string of the molecule is CC(NCc1cccc(C(F)(F)F)c1)C(OC=O)c1cc(C(F)(F)F)cc(C(F)(F)F)c1. The van der Waals surface area contributed by atoms with E-state index in [9.17, 15) is 44.3 Å². The standard InChI is InChI=1S/C20H16F9NO2/c1-11(30-9-12-3-2-4-14(5-12)18(21,22)23)17(32-10-31)13-6-15(19(24,25)26)8-16(7-13)20(27,28)29/h2-8,10-11,17,30H,9H2,1H3. The zero-order chi connectivity index (χ0) is 24.3. The summed E-state index contributed by atoms with van der Waals surface area (Å²) in [5.41, 5.74) is -4.54. The van der Waals surface area contributed by atoms with Crippen molar-refractivity contribution in [1.82, 2.24) is 5.32 Å². The van der Waals surface area contributed by atoms with E-state index >= 15 is 0 Å². The maximum absolute atomic E-state index is 13.1. The van der Waals surface area contributed by atoms with Gasteiger partial charge in [0.1, 0.15) is 6.10 Å². The molecule has 3 nitrogen and oxygen atoms in total. The van der Waals surface area contributed by atoms with Gasteiger partial charge < -0.3 is 10.1 Å². The van der Waals surface area contributed by atoms with E-state index in [2.05, 4.69) is 5.32 Å². The van der Waals surface area contributed by atoms with Crippen LogP contribution in [0.1, 0.15) is 40.8 Å². The smallest absolute Gasteiger partial charge is 0.416 e. The fourth-order valence-corrected chi connectivity index (χ4v) is 2.93. The molecule has 0 aliphatic rings. The Bertz CT molecular complexity index is 904. The summed E-state index contributed by atoms with van der Waals surface area (Å²) in [5.74, 6) is 0. The summed E-state index contributed by atoms with van der Waals surface area (Å²) in [5, 5.41) is 2.66. The van der Waals surface area contributed by atoms with Crippen molar-refractivity contribution in [2.75, 3.05) is 0 Å². The highest BCUT2D eigenvalue weighted by atomic mass is 19.4. The van der Waals surface area contributed by atoms with Crippen molar-refractivity contribution in [3.8, 4) is 0 Å². The summed E-state index contributed by atoms with van der Waals surface area (Å²) in [4.78, 5) is 10.9. The molecule has 0 heterocycles.